The topological polar surface area (TPSA) is 117 Å². The van der Waals surface area contributed by atoms with Gasteiger partial charge in [-0.05, 0) is 42.5 Å². The van der Waals surface area contributed by atoms with E-state index in [9.17, 15) is 18.0 Å². The molecule has 10 nitrogen and oxygen atoms in total. The van der Waals surface area contributed by atoms with Crippen LogP contribution in [-0.4, -0.2) is 56.2 Å². The summed E-state index contributed by atoms with van der Waals surface area (Å²) >= 11 is 1.22. The molecular weight excluding hydrogens is 518 g/mol. The highest BCUT2D eigenvalue weighted by molar-refractivity contribution is 7.89. The van der Waals surface area contributed by atoms with E-state index in [-0.39, 0.29) is 35.6 Å². The van der Waals surface area contributed by atoms with Gasteiger partial charge in [-0.1, -0.05) is 25.2 Å². The van der Waals surface area contributed by atoms with Crippen molar-refractivity contribution in [1.29, 1.82) is 0 Å². The molecule has 1 fully saturated rings. The fraction of sp³-hybridized carbons (Fsp3) is 0.400. The van der Waals surface area contributed by atoms with Gasteiger partial charge in [-0.2, -0.15) is 9.30 Å². The first kappa shape index (κ1) is 25.4. The van der Waals surface area contributed by atoms with E-state index in [1.165, 1.54) is 47.0 Å². The number of rotatable bonds is 5. The highest BCUT2D eigenvalue weighted by Gasteiger charge is 2.31. The van der Waals surface area contributed by atoms with Crippen molar-refractivity contribution in [3.63, 3.8) is 0 Å². The number of hydrogen-bond donors (Lipinski definition) is 0. The maximum Gasteiger partial charge on any atom is 0.325 e. The van der Waals surface area contributed by atoms with E-state index in [2.05, 4.69) is 18.8 Å². The van der Waals surface area contributed by atoms with E-state index in [1.54, 1.807) is 16.7 Å². The van der Waals surface area contributed by atoms with Gasteiger partial charge in [-0.3, -0.25) is 9.59 Å². The normalized spacial score (nSPS) is 20.4. The van der Waals surface area contributed by atoms with E-state index in [4.69, 9.17) is 14.2 Å². The lowest BCUT2D eigenvalue weighted by molar-refractivity contribution is -0.141. The second-order valence-electron chi connectivity index (χ2n) is 9.43. The van der Waals surface area contributed by atoms with Crippen LogP contribution in [0.5, 0.6) is 11.5 Å². The monoisotopic (exact) mass is 545 g/mol. The lowest BCUT2D eigenvalue weighted by Crippen LogP contribution is -2.42. The smallest absolute Gasteiger partial charge is 0.325 e. The summed E-state index contributed by atoms with van der Waals surface area (Å²) in [5.41, 5.74) is 0.883. The Morgan fingerprint density at radius 3 is 2.38 bits per heavy atom. The minimum Gasteiger partial charge on any atom is -0.468 e. The Morgan fingerprint density at radius 2 is 1.73 bits per heavy atom. The van der Waals surface area contributed by atoms with Crippen LogP contribution in [0.3, 0.4) is 0 Å². The third-order valence-corrected chi connectivity index (χ3v) is 9.35. The molecule has 0 saturated carbocycles. The van der Waals surface area contributed by atoms with Crippen molar-refractivity contribution in [1.82, 2.24) is 8.87 Å². The van der Waals surface area contributed by atoms with Gasteiger partial charge in [-0.25, -0.2) is 8.42 Å². The summed E-state index contributed by atoms with van der Waals surface area (Å²) in [6, 6.07) is 9.32. The molecule has 5 rings (SSSR count). The van der Waals surface area contributed by atoms with Gasteiger partial charge in [-0.15, -0.1) is 0 Å². The van der Waals surface area contributed by atoms with Crippen molar-refractivity contribution < 1.29 is 32.2 Å². The summed E-state index contributed by atoms with van der Waals surface area (Å²) in [6.45, 7) is 5.03. The van der Waals surface area contributed by atoms with Gasteiger partial charge in [0.1, 0.15) is 6.54 Å². The number of amides is 1. The molecule has 0 aliphatic carbocycles. The number of esters is 1. The second-order valence-corrected chi connectivity index (χ2v) is 12.4. The number of methoxy groups -OCH3 is 1. The molecular formula is C25H27N3O7S2. The number of carbonyl (C=O) groups excluding carboxylic acids is 2. The molecule has 3 heterocycles. The first-order chi connectivity index (χ1) is 17.7. The Labute approximate surface area is 218 Å². The number of carbonyl (C=O) groups is 2. The van der Waals surface area contributed by atoms with Crippen molar-refractivity contribution in [2.75, 3.05) is 27.0 Å². The Bertz CT molecular complexity index is 1530. The third kappa shape index (κ3) is 5.00. The molecule has 2 atom stereocenters. The van der Waals surface area contributed by atoms with Gasteiger partial charge in [0.15, 0.2) is 16.3 Å². The van der Waals surface area contributed by atoms with Crippen LogP contribution in [-0.2, 0) is 26.1 Å². The number of thiazole rings is 1. The van der Waals surface area contributed by atoms with Crippen LogP contribution >= 0.6 is 11.3 Å². The summed E-state index contributed by atoms with van der Waals surface area (Å²) in [5, 5.41) is 0. The predicted octanol–water partition coefficient (Wildman–Crippen LogP) is 3.01. The van der Waals surface area contributed by atoms with Crippen LogP contribution in [0.2, 0.25) is 0 Å². The fourth-order valence-corrected chi connectivity index (χ4v) is 7.48. The van der Waals surface area contributed by atoms with Crippen LogP contribution in [0.1, 0.15) is 30.6 Å². The van der Waals surface area contributed by atoms with Gasteiger partial charge in [0.2, 0.25) is 16.8 Å². The number of hydrogen-bond acceptors (Lipinski definition) is 8. The third-order valence-electron chi connectivity index (χ3n) is 6.46. The molecule has 0 spiro atoms. The Hall–Kier alpha value is -3.22. The molecule has 2 aliphatic rings. The average molecular weight is 546 g/mol. The number of nitrogens with zero attached hydrogens (tertiary/aromatic N) is 3. The summed E-state index contributed by atoms with van der Waals surface area (Å²) in [4.78, 5) is 29.8. The van der Waals surface area contributed by atoms with E-state index in [0.29, 0.717) is 34.9 Å². The van der Waals surface area contributed by atoms with Gasteiger partial charge in [0.25, 0.3) is 5.91 Å². The van der Waals surface area contributed by atoms with Crippen molar-refractivity contribution in [3.05, 3.63) is 46.8 Å². The summed E-state index contributed by atoms with van der Waals surface area (Å²) in [5.74, 6) is 0.629. The first-order valence-corrected chi connectivity index (χ1v) is 14.1. The van der Waals surface area contributed by atoms with Gasteiger partial charge >= 0.3 is 5.97 Å². The highest BCUT2D eigenvalue weighted by Crippen LogP contribution is 2.37. The van der Waals surface area contributed by atoms with Crippen LogP contribution in [0.25, 0.3) is 10.2 Å². The molecule has 1 amide bonds. The molecule has 2 unspecified atom stereocenters. The number of piperidine rings is 1. The molecule has 1 aromatic heterocycles. The Balaban J connectivity index is 1.46. The largest absolute Gasteiger partial charge is 0.468 e. The number of benzene rings is 2. The molecule has 2 aliphatic heterocycles. The van der Waals surface area contributed by atoms with E-state index in [1.807, 2.05) is 0 Å². The van der Waals surface area contributed by atoms with Gasteiger partial charge in [0, 0.05) is 30.8 Å². The second kappa shape index (κ2) is 9.92. The molecule has 2 aromatic carbocycles. The van der Waals surface area contributed by atoms with Crippen molar-refractivity contribution >= 4 is 43.5 Å². The number of aromatic nitrogens is 1. The first-order valence-electron chi connectivity index (χ1n) is 11.8. The van der Waals surface area contributed by atoms with Crippen molar-refractivity contribution in [2.24, 2.45) is 16.8 Å². The van der Waals surface area contributed by atoms with E-state index >= 15 is 0 Å². The van der Waals surface area contributed by atoms with Gasteiger partial charge < -0.3 is 18.8 Å². The molecule has 1 saturated heterocycles. The van der Waals surface area contributed by atoms with E-state index < -0.39 is 21.9 Å². The summed E-state index contributed by atoms with van der Waals surface area (Å²) < 4.78 is 45.9. The van der Waals surface area contributed by atoms with Crippen molar-refractivity contribution in [3.8, 4) is 11.5 Å². The van der Waals surface area contributed by atoms with Gasteiger partial charge in [0.05, 0.1) is 22.2 Å². The standard InChI is InChI=1S/C25H27N3O7S2/c1-15-8-16(2)12-27(11-15)37(31,32)18-6-4-17(5-7-18)24(30)26-25-28(13-23(29)33-3)19-9-20-21(35-14-34-20)10-22(19)36-25/h4-7,9-10,15-16H,8,11-14H2,1-3H3. The number of fused-ring (bicyclic) bond motifs is 2. The zero-order chi connectivity index (χ0) is 26.3. The molecule has 12 heteroatoms. The zero-order valence-electron chi connectivity index (χ0n) is 20.7. The minimum atomic E-state index is -3.66. The quantitative estimate of drug-likeness (QED) is 0.453. The van der Waals surface area contributed by atoms with Crippen LogP contribution in [0, 0.1) is 11.8 Å². The molecule has 196 valence electrons. The minimum absolute atomic E-state index is 0.112. The predicted molar refractivity (Wildman–Crippen MR) is 136 cm³/mol. The summed E-state index contributed by atoms with van der Waals surface area (Å²) in [7, 11) is -2.37. The fourth-order valence-electron chi connectivity index (χ4n) is 4.76. The lowest BCUT2D eigenvalue weighted by Gasteiger charge is -2.34. The molecule has 37 heavy (non-hydrogen) atoms. The molecule has 3 aromatic rings. The van der Waals surface area contributed by atoms with Crippen molar-refractivity contribution in [2.45, 2.75) is 31.7 Å². The maximum absolute atomic E-state index is 13.2. The van der Waals surface area contributed by atoms with Crippen LogP contribution < -0.4 is 14.3 Å². The lowest BCUT2D eigenvalue weighted by atomic mass is 9.94. The van der Waals surface area contributed by atoms with Crippen LogP contribution in [0.4, 0.5) is 0 Å². The van der Waals surface area contributed by atoms with Crippen LogP contribution in [0.15, 0.2) is 46.3 Å². The highest BCUT2D eigenvalue weighted by atomic mass is 32.2. The zero-order valence-corrected chi connectivity index (χ0v) is 22.3. The summed E-state index contributed by atoms with van der Waals surface area (Å²) in [6.07, 6.45) is 0.997. The average Bonchev–Trinajstić information content (AvgIpc) is 3.45. The van der Waals surface area contributed by atoms with E-state index in [0.717, 1.165) is 11.1 Å². The Kier molecular flexibility index (Phi) is 6.82. The SMILES string of the molecule is COC(=O)Cn1c(=NC(=O)c2ccc(S(=O)(=O)N3CC(C)CC(C)C3)cc2)sc2cc3c(cc21)OCO3. The number of ether oxygens (including phenoxy) is 3. The number of sulfonamides is 1. The Morgan fingerprint density at radius 1 is 1.08 bits per heavy atom. The maximum atomic E-state index is 13.2. The molecule has 0 N–H and O–H groups in total. The molecule has 0 radical (unpaired) electrons. The molecule has 0 bridgehead atoms.